The molecular weight excluding hydrogens is 424 g/mol. The zero-order valence-corrected chi connectivity index (χ0v) is 19.8. The van der Waals surface area contributed by atoms with Gasteiger partial charge in [-0.2, -0.15) is 4.98 Å². The second-order valence-electron chi connectivity index (χ2n) is 8.90. The van der Waals surface area contributed by atoms with Crippen molar-refractivity contribution in [3.05, 3.63) is 11.7 Å². The molecule has 11 heteroatoms. The monoisotopic (exact) mass is 454 g/mol. The van der Waals surface area contributed by atoms with Crippen molar-refractivity contribution < 1.29 is 14.1 Å². The highest BCUT2D eigenvalue weighted by Crippen LogP contribution is 2.30. The number of hydrogen-bond acceptors (Lipinski definition) is 10. The number of nitrogens with one attached hydrogen (secondary N) is 2. The molecule has 1 aliphatic carbocycles. The van der Waals surface area contributed by atoms with Crippen molar-refractivity contribution in [1.29, 1.82) is 0 Å². The molecule has 3 rings (SSSR count). The van der Waals surface area contributed by atoms with Gasteiger partial charge in [-0.25, -0.2) is 4.79 Å². The van der Waals surface area contributed by atoms with Crippen LogP contribution in [-0.4, -0.2) is 38.1 Å². The van der Waals surface area contributed by atoms with Gasteiger partial charge >= 0.3 is 6.09 Å². The summed E-state index contributed by atoms with van der Waals surface area (Å²) in [4.78, 5) is 16.5. The van der Waals surface area contributed by atoms with Gasteiger partial charge in [0.1, 0.15) is 11.1 Å². The van der Waals surface area contributed by atoms with Crippen LogP contribution >= 0.6 is 23.1 Å². The fourth-order valence-electron chi connectivity index (χ4n) is 3.05. The van der Waals surface area contributed by atoms with E-state index in [1.807, 2.05) is 20.8 Å². The Labute approximate surface area is 185 Å². The van der Waals surface area contributed by atoms with Gasteiger partial charge < -0.3 is 19.9 Å². The Morgan fingerprint density at radius 1 is 1.20 bits per heavy atom. The number of carbonyl (C=O) groups excluding carboxylic acids is 1. The van der Waals surface area contributed by atoms with Crippen molar-refractivity contribution in [2.45, 2.75) is 94.0 Å². The predicted octanol–water partition coefficient (Wildman–Crippen LogP) is 4.72. The standard InChI is InChI=1S/C19H30N6O3S2/c1-18(2,3)27-16(26)22-19(4,5)14-21-13(28-25-14)11-29-17-24-23-15(30-17)20-12-9-7-6-8-10-12/h12H,6-11H2,1-5H3,(H,20,23)(H,22,26). The Morgan fingerprint density at radius 2 is 1.93 bits per heavy atom. The minimum atomic E-state index is -0.825. The van der Waals surface area contributed by atoms with Crippen LogP contribution in [0.3, 0.4) is 0 Å². The van der Waals surface area contributed by atoms with Gasteiger partial charge in [-0.05, 0) is 47.5 Å². The van der Waals surface area contributed by atoms with Crippen molar-refractivity contribution in [3.63, 3.8) is 0 Å². The quantitative estimate of drug-likeness (QED) is 0.573. The number of carbonyl (C=O) groups is 1. The average molecular weight is 455 g/mol. The van der Waals surface area contributed by atoms with Gasteiger partial charge in [0.15, 0.2) is 10.2 Å². The van der Waals surface area contributed by atoms with Crippen LogP contribution < -0.4 is 10.6 Å². The molecule has 0 atom stereocenters. The van der Waals surface area contributed by atoms with E-state index in [0.717, 1.165) is 9.47 Å². The third kappa shape index (κ3) is 6.83. The maximum atomic E-state index is 12.1. The van der Waals surface area contributed by atoms with Crippen LogP contribution in [0.5, 0.6) is 0 Å². The van der Waals surface area contributed by atoms with E-state index in [1.54, 1.807) is 13.8 Å². The summed E-state index contributed by atoms with van der Waals surface area (Å²) >= 11 is 3.04. The van der Waals surface area contributed by atoms with Crippen LogP contribution in [0.4, 0.5) is 9.93 Å². The second-order valence-corrected chi connectivity index (χ2v) is 11.1. The van der Waals surface area contributed by atoms with Gasteiger partial charge in [-0.15, -0.1) is 10.2 Å². The lowest BCUT2D eigenvalue weighted by atomic mass is 9.96. The first-order valence-electron chi connectivity index (χ1n) is 10.2. The molecule has 1 saturated carbocycles. The zero-order valence-electron chi connectivity index (χ0n) is 18.2. The minimum Gasteiger partial charge on any atom is -0.444 e. The molecule has 2 aromatic rings. The first-order valence-corrected chi connectivity index (χ1v) is 12.0. The molecule has 0 bridgehead atoms. The van der Waals surface area contributed by atoms with E-state index in [2.05, 4.69) is 31.0 Å². The fraction of sp³-hybridized carbons (Fsp3) is 0.737. The Bertz CT molecular complexity index is 839. The summed E-state index contributed by atoms with van der Waals surface area (Å²) in [5.74, 6) is 1.33. The number of alkyl carbamates (subject to hydrolysis) is 1. The predicted molar refractivity (Wildman–Crippen MR) is 117 cm³/mol. The molecule has 0 radical (unpaired) electrons. The Hall–Kier alpha value is -1.88. The van der Waals surface area contributed by atoms with Gasteiger partial charge in [0.05, 0.1) is 5.75 Å². The molecule has 0 aromatic carbocycles. The van der Waals surface area contributed by atoms with Crippen molar-refractivity contribution >= 4 is 34.3 Å². The number of hydrogen-bond donors (Lipinski definition) is 2. The summed E-state index contributed by atoms with van der Waals surface area (Å²) in [6.45, 7) is 9.03. The van der Waals surface area contributed by atoms with Gasteiger partial charge in [0, 0.05) is 6.04 Å². The minimum absolute atomic E-state index is 0.390. The Balaban J connectivity index is 1.51. The molecule has 1 amide bonds. The molecule has 0 aliphatic heterocycles. The van der Waals surface area contributed by atoms with E-state index in [0.29, 0.717) is 23.5 Å². The number of anilines is 1. The smallest absolute Gasteiger partial charge is 0.408 e. The molecule has 2 aromatic heterocycles. The zero-order chi connectivity index (χ0) is 21.8. The molecule has 1 aliphatic rings. The van der Waals surface area contributed by atoms with Crippen LogP contribution in [0.1, 0.15) is 78.4 Å². The third-order valence-electron chi connectivity index (χ3n) is 4.50. The highest BCUT2D eigenvalue weighted by molar-refractivity contribution is 8.00. The lowest BCUT2D eigenvalue weighted by molar-refractivity contribution is 0.0465. The molecular formula is C19H30N6O3S2. The SMILES string of the molecule is CC(C)(C)OC(=O)NC(C)(C)c1noc(CSc2nnc(NC3CCCCC3)s2)n1. The van der Waals surface area contributed by atoms with E-state index in [9.17, 15) is 4.79 Å². The molecule has 2 N–H and O–H groups in total. The molecule has 1 fully saturated rings. The normalized spacial score (nSPS) is 15.8. The molecule has 30 heavy (non-hydrogen) atoms. The largest absolute Gasteiger partial charge is 0.444 e. The van der Waals surface area contributed by atoms with Crippen LogP contribution in [0.25, 0.3) is 0 Å². The lowest BCUT2D eigenvalue weighted by Gasteiger charge is -2.26. The van der Waals surface area contributed by atoms with E-state index >= 15 is 0 Å². The molecule has 0 saturated heterocycles. The number of ether oxygens (including phenoxy) is 1. The van der Waals surface area contributed by atoms with Crippen LogP contribution in [-0.2, 0) is 16.0 Å². The number of thioether (sulfide) groups is 1. The van der Waals surface area contributed by atoms with Gasteiger partial charge in [0.25, 0.3) is 0 Å². The van der Waals surface area contributed by atoms with E-state index in [-0.39, 0.29) is 0 Å². The third-order valence-corrected chi connectivity index (χ3v) is 6.47. The number of aromatic nitrogens is 4. The molecule has 2 heterocycles. The van der Waals surface area contributed by atoms with Crippen molar-refractivity contribution in [3.8, 4) is 0 Å². The van der Waals surface area contributed by atoms with Crippen LogP contribution in [0.15, 0.2) is 8.86 Å². The summed E-state index contributed by atoms with van der Waals surface area (Å²) in [5, 5.41) is 19.6. The van der Waals surface area contributed by atoms with Gasteiger partial charge in [-0.1, -0.05) is 47.5 Å². The fourth-order valence-corrected chi connectivity index (χ4v) is 4.72. The number of nitrogens with zero attached hydrogens (tertiary/aromatic N) is 4. The van der Waals surface area contributed by atoms with E-state index < -0.39 is 17.2 Å². The van der Waals surface area contributed by atoms with Gasteiger partial charge in [-0.3, -0.25) is 0 Å². The summed E-state index contributed by atoms with van der Waals surface area (Å²) < 4.78 is 11.5. The van der Waals surface area contributed by atoms with Crippen molar-refractivity contribution in [1.82, 2.24) is 25.7 Å². The van der Waals surface area contributed by atoms with Crippen LogP contribution in [0, 0.1) is 0 Å². The number of rotatable bonds is 7. The first kappa shape index (κ1) is 22.8. The van der Waals surface area contributed by atoms with E-state index in [1.165, 1.54) is 55.2 Å². The molecule has 166 valence electrons. The summed E-state index contributed by atoms with van der Waals surface area (Å²) in [5.41, 5.74) is -1.40. The van der Waals surface area contributed by atoms with Gasteiger partial charge in [0.2, 0.25) is 11.0 Å². The first-order chi connectivity index (χ1) is 14.1. The highest BCUT2D eigenvalue weighted by atomic mass is 32.2. The maximum Gasteiger partial charge on any atom is 0.408 e. The average Bonchev–Trinajstić information content (AvgIpc) is 3.28. The van der Waals surface area contributed by atoms with Crippen LogP contribution in [0.2, 0.25) is 0 Å². The Kier molecular flexibility index (Phi) is 7.22. The highest BCUT2D eigenvalue weighted by Gasteiger charge is 2.31. The summed E-state index contributed by atoms with van der Waals surface area (Å²) in [6.07, 6.45) is 5.74. The second kappa shape index (κ2) is 9.51. The summed E-state index contributed by atoms with van der Waals surface area (Å²) in [6, 6.07) is 0.503. The molecule has 0 unspecified atom stereocenters. The molecule has 9 nitrogen and oxygen atoms in total. The Morgan fingerprint density at radius 3 is 2.63 bits per heavy atom. The van der Waals surface area contributed by atoms with Crippen molar-refractivity contribution in [2.24, 2.45) is 0 Å². The van der Waals surface area contributed by atoms with E-state index in [4.69, 9.17) is 9.26 Å². The topological polar surface area (TPSA) is 115 Å². The van der Waals surface area contributed by atoms with Crippen molar-refractivity contribution in [2.75, 3.05) is 5.32 Å². The maximum absolute atomic E-state index is 12.1. The summed E-state index contributed by atoms with van der Waals surface area (Å²) in [7, 11) is 0. The molecule has 0 spiro atoms. The lowest BCUT2D eigenvalue weighted by Crippen LogP contribution is -2.44. The number of amides is 1.